The maximum absolute atomic E-state index is 12.2. The molecule has 0 amide bonds. The molecule has 0 aliphatic heterocycles. The van der Waals surface area contributed by atoms with Gasteiger partial charge in [-0.05, 0) is 79.4 Å². The molecule has 0 aromatic carbocycles. The molecular formula is C27H46O2P+. The van der Waals surface area contributed by atoms with Gasteiger partial charge >= 0.3 is 8.46 Å². The van der Waals surface area contributed by atoms with Crippen LogP contribution in [0.5, 0.6) is 0 Å². The van der Waals surface area contributed by atoms with Crippen LogP contribution >= 0.6 is 8.46 Å². The van der Waals surface area contributed by atoms with Gasteiger partial charge in [-0.1, -0.05) is 70.1 Å². The smallest absolute Gasteiger partial charge is 0.329 e. The zero-order chi connectivity index (χ0) is 21.7. The molecule has 3 heteroatoms. The van der Waals surface area contributed by atoms with Crippen molar-refractivity contribution in [1.82, 2.24) is 0 Å². The first-order chi connectivity index (χ1) is 14.2. The fourth-order valence-electron chi connectivity index (χ4n) is 8.93. The van der Waals surface area contributed by atoms with E-state index in [0.717, 1.165) is 42.4 Å². The molecule has 10 atom stereocenters. The quantitative estimate of drug-likeness (QED) is 0.350. The highest BCUT2D eigenvalue weighted by atomic mass is 31.1. The van der Waals surface area contributed by atoms with Gasteiger partial charge in [-0.3, -0.25) is 0 Å². The molecule has 170 valence electrons. The van der Waals surface area contributed by atoms with Gasteiger partial charge in [-0.25, -0.2) is 0 Å². The van der Waals surface area contributed by atoms with Crippen molar-refractivity contribution >= 4 is 8.46 Å². The number of hydrogen-bond donors (Lipinski definition) is 1. The number of allylic oxidation sites excluding steroid dienone is 1. The minimum atomic E-state index is -0.290. The van der Waals surface area contributed by atoms with Crippen molar-refractivity contribution in [3.63, 3.8) is 0 Å². The van der Waals surface area contributed by atoms with Crippen LogP contribution < -0.4 is 0 Å². The summed E-state index contributed by atoms with van der Waals surface area (Å²) < 4.78 is 12.2. The maximum atomic E-state index is 12.2. The van der Waals surface area contributed by atoms with Crippen molar-refractivity contribution in [2.24, 2.45) is 46.3 Å². The fraction of sp³-hybridized carbons (Fsp3) is 0.926. The van der Waals surface area contributed by atoms with Crippen molar-refractivity contribution in [3.8, 4) is 0 Å². The van der Waals surface area contributed by atoms with Gasteiger partial charge in [0.2, 0.25) is 0 Å². The van der Waals surface area contributed by atoms with E-state index in [-0.39, 0.29) is 25.6 Å². The average molecular weight is 434 g/mol. The summed E-state index contributed by atoms with van der Waals surface area (Å²) in [6.07, 6.45) is 14.6. The molecule has 2 unspecified atom stereocenters. The Balaban J connectivity index is 1.54. The summed E-state index contributed by atoms with van der Waals surface area (Å²) in [5.41, 5.74) is 2.15. The molecule has 0 spiro atoms. The van der Waals surface area contributed by atoms with Gasteiger partial charge in [0.05, 0.1) is 6.10 Å². The molecule has 0 aromatic rings. The molecule has 4 aliphatic carbocycles. The third-order valence-electron chi connectivity index (χ3n) is 10.6. The molecule has 3 saturated carbocycles. The molecule has 1 N–H and O–H groups in total. The van der Waals surface area contributed by atoms with Crippen LogP contribution in [-0.2, 0) is 4.57 Å². The number of hydrogen-bond acceptors (Lipinski definition) is 2. The first-order valence-corrected chi connectivity index (χ1v) is 14.0. The molecule has 0 aromatic heterocycles. The van der Waals surface area contributed by atoms with Crippen LogP contribution in [0.3, 0.4) is 0 Å². The lowest BCUT2D eigenvalue weighted by Gasteiger charge is -2.58. The summed E-state index contributed by atoms with van der Waals surface area (Å²) in [6, 6.07) is 0. The molecule has 4 rings (SSSR count). The number of aliphatic hydroxyl groups is 1. The lowest BCUT2D eigenvalue weighted by atomic mass is 9.46. The summed E-state index contributed by atoms with van der Waals surface area (Å²) in [5.74, 6) is 4.84. The van der Waals surface area contributed by atoms with Crippen LogP contribution in [0, 0.1) is 46.3 Å². The molecular weight excluding hydrogens is 387 g/mol. The van der Waals surface area contributed by atoms with E-state index >= 15 is 0 Å². The van der Waals surface area contributed by atoms with E-state index in [1.54, 1.807) is 0 Å². The lowest BCUT2D eigenvalue weighted by molar-refractivity contribution is -0.0554. The van der Waals surface area contributed by atoms with Gasteiger partial charge in [-0.15, -0.1) is 0 Å². The predicted octanol–water partition coefficient (Wildman–Crippen LogP) is 7.39. The van der Waals surface area contributed by atoms with Gasteiger partial charge in [0.15, 0.2) is 5.66 Å². The van der Waals surface area contributed by atoms with E-state index in [1.807, 2.05) is 0 Å². The van der Waals surface area contributed by atoms with Gasteiger partial charge < -0.3 is 5.11 Å². The summed E-state index contributed by atoms with van der Waals surface area (Å²) >= 11 is 0. The second kappa shape index (κ2) is 8.62. The maximum Gasteiger partial charge on any atom is 0.329 e. The Hall–Kier alpha value is -0.200. The van der Waals surface area contributed by atoms with Crippen LogP contribution in [0.4, 0.5) is 0 Å². The number of rotatable bonds is 6. The van der Waals surface area contributed by atoms with Crippen LogP contribution in [0.25, 0.3) is 0 Å². The zero-order valence-electron chi connectivity index (χ0n) is 20.1. The summed E-state index contributed by atoms with van der Waals surface area (Å²) in [4.78, 5) is 0. The molecule has 0 heterocycles. The Morgan fingerprint density at radius 2 is 1.90 bits per heavy atom. The molecule has 2 nitrogen and oxygen atoms in total. The third kappa shape index (κ3) is 3.67. The molecule has 0 bridgehead atoms. The van der Waals surface area contributed by atoms with E-state index in [9.17, 15) is 9.67 Å². The van der Waals surface area contributed by atoms with Crippen LogP contribution in [-0.4, -0.2) is 16.9 Å². The standard InChI is InChI=1S/C27H45O2P/c1-17(2)7-6-8-18(3)22-11-12-23-21-10-9-19-15-20(28)16-25(30-29)27(19,5)24(21)13-14-26(22,23)4/h9,17-18,20-25,28H,6-8,10-16H2,1-5H3/p+1/t18-,20-,21+,22-,23+,24+,25?,26-,27+/m1/s1. The Morgan fingerprint density at radius 1 is 1.13 bits per heavy atom. The van der Waals surface area contributed by atoms with Crippen molar-refractivity contribution in [3.05, 3.63) is 11.6 Å². The van der Waals surface area contributed by atoms with E-state index in [4.69, 9.17) is 0 Å². The normalized spacial score (nSPS) is 46.8. The number of aliphatic hydroxyl groups excluding tert-OH is 1. The highest BCUT2D eigenvalue weighted by Gasteiger charge is 2.62. The topological polar surface area (TPSA) is 37.3 Å². The molecule has 30 heavy (non-hydrogen) atoms. The monoisotopic (exact) mass is 433 g/mol. The van der Waals surface area contributed by atoms with Crippen molar-refractivity contribution < 1.29 is 9.67 Å². The van der Waals surface area contributed by atoms with Gasteiger partial charge in [-0.2, -0.15) is 0 Å². The van der Waals surface area contributed by atoms with Gasteiger partial charge in [0.25, 0.3) is 0 Å². The van der Waals surface area contributed by atoms with Gasteiger partial charge in [0, 0.05) is 11.8 Å². The van der Waals surface area contributed by atoms with E-state index < -0.39 is 0 Å². The molecule has 3 fully saturated rings. The molecule has 0 saturated heterocycles. The SMILES string of the molecule is CC(C)CCC[C@@H](C)[C@H]1CC[C@H]2[C@@H]3CC=C4C[C@@H](O)CC([PH+]=O)[C@]4(C)[C@H]3CC[C@]12C. The summed E-state index contributed by atoms with van der Waals surface area (Å²) in [7, 11) is -0.290. The van der Waals surface area contributed by atoms with Crippen LogP contribution in [0.1, 0.15) is 98.8 Å². The van der Waals surface area contributed by atoms with Gasteiger partial charge in [0.1, 0.15) is 0 Å². The number of fused-ring (bicyclic) bond motifs is 5. The Bertz CT molecular complexity index is 672. The minimum absolute atomic E-state index is 0.0602. The van der Waals surface area contributed by atoms with E-state index in [1.165, 1.54) is 56.9 Å². The summed E-state index contributed by atoms with van der Waals surface area (Å²) in [5, 5.41) is 10.4. The van der Waals surface area contributed by atoms with Crippen LogP contribution in [0.15, 0.2) is 11.6 Å². The van der Waals surface area contributed by atoms with Crippen LogP contribution in [0.2, 0.25) is 0 Å². The largest absolute Gasteiger partial charge is 0.393 e. The predicted molar refractivity (Wildman–Crippen MR) is 127 cm³/mol. The Morgan fingerprint density at radius 3 is 2.60 bits per heavy atom. The van der Waals surface area contributed by atoms with E-state index in [0.29, 0.717) is 11.3 Å². The second-order valence-electron chi connectivity index (χ2n) is 12.4. The summed E-state index contributed by atoms with van der Waals surface area (Å²) in [6.45, 7) is 12.3. The highest BCUT2D eigenvalue weighted by molar-refractivity contribution is 7.24. The first kappa shape index (κ1) is 23.0. The Labute approximate surface area is 186 Å². The first-order valence-electron chi connectivity index (χ1n) is 13.0. The van der Waals surface area contributed by atoms with Crippen molar-refractivity contribution in [1.29, 1.82) is 0 Å². The highest BCUT2D eigenvalue weighted by Crippen LogP contribution is 2.68. The second-order valence-corrected chi connectivity index (χ2v) is 13.4. The minimum Gasteiger partial charge on any atom is -0.393 e. The Kier molecular flexibility index (Phi) is 6.61. The van der Waals surface area contributed by atoms with Crippen molar-refractivity contribution in [2.75, 3.05) is 0 Å². The average Bonchev–Trinajstić information content (AvgIpc) is 3.05. The third-order valence-corrected chi connectivity index (χ3v) is 11.7. The van der Waals surface area contributed by atoms with Crippen molar-refractivity contribution in [2.45, 2.75) is 111 Å². The fourth-order valence-corrected chi connectivity index (χ4v) is 9.94. The molecule has 4 aliphatic rings. The zero-order valence-corrected chi connectivity index (χ0v) is 21.1. The van der Waals surface area contributed by atoms with E-state index in [2.05, 4.69) is 40.7 Å². The lowest BCUT2D eigenvalue weighted by Crippen LogP contribution is -2.54. The molecule has 0 radical (unpaired) electrons.